The van der Waals surface area contributed by atoms with Crippen molar-refractivity contribution in [3.8, 4) is 17.0 Å². The smallest absolute Gasteiger partial charge is 0.277 e. The SMILES string of the molecule is COc1ccc(-c2n[nH]c3c2[C@H](c2ccc(Cl)cc2)N(c2ccccc2)C3=O)cc1. The van der Waals surface area contributed by atoms with Crippen LogP contribution in [0.3, 0.4) is 0 Å². The normalized spacial score (nSPS) is 15.3. The minimum absolute atomic E-state index is 0.108. The van der Waals surface area contributed by atoms with E-state index >= 15 is 0 Å². The van der Waals surface area contributed by atoms with E-state index in [9.17, 15) is 4.79 Å². The maximum absolute atomic E-state index is 13.4. The minimum atomic E-state index is -0.317. The summed E-state index contributed by atoms with van der Waals surface area (Å²) in [5, 5.41) is 8.12. The van der Waals surface area contributed by atoms with E-state index in [1.54, 1.807) is 12.0 Å². The van der Waals surface area contributed by atoms with Crippen LogP contribution in [-0.4, -0.2) is 23.2 Å². The zero-order valence-electron chi connectivity index (χ0n) is 16.2. The molecule has 1 aliphatic rings. The van der Waals surface area contributed by atoms with Crippen LogP contribution in [0.2, 0.25) is 5.02 Å². The largest absolute Gasteiger partial charge is 0.497 e. The van der Waals surface area contributed by atoms with Crippen LogP contribution >= 0.6 is 11.6 Å². The Kier molecular flexibility index (Phi) is 4.52. The number of benzene rings is 3. The fourth-order valence-electron chi connectivity index (χ4n) is 3.93. The Morgan fingerprint density at radius 2 is 1.67 bits per heavy atom. The second-order valence-corrected chi connectivity index (χ2v) is 7.49. The highest BCUT2D eigenvalue weighted by atomic mass is 35.5. The number of nitrogens with one attached hydrogen (secondary N) is 1. The molecule has 6 heteroatoms. The van der Waals surface area contributed by atoms with Crippen LogP contribution in [-0.2, 0) is 0 Å². The number of rotatable bonds is 4. The number of carbonyl (C=O) groups is 1. The molecule has 5 nitrogen and oxygen atoms in total. The molecule has 0 fully saturated rings. The molecule has 5 rings (SSSR count). The maximum atomic E-state index is 13.4. The molecule has 1 N–H and O–H groups in total. The van der Waals surface area contributed by atoms with Gasteiger partial charge >= 0.3 is 0 Å². The number of carbonyl (C=O) groups excluding carboxylic acids is 1. The number of aromatic nitrogens is 2. The summed E-state index contributed by atoms with van der Waals surface area (Å²) >= 11 is 6.12. The first kappa shape index (κ1) is 18.5. The van der Waals surface area contributed by atoms with Gasteiger partial charge < -0.3 is 4.74 Å². The third-order valence-corrected chi connectivity index (χ3v) is 5.60. The van der Waals surface area contributed by atoms with Gasteiger partial charge in [0.25, 0.3) is 5.91 Å². The van der Waals surface area contributed by atoms with Gasteiger partial charge in [0, 0.05) is 21.8 Å². The number of halogens is 1. The van der Waals surface area contributed by atoms with Crippen molar-refractivity contribution in [3.05, 3.63) is 101 Å². The van der Waals surface area contributed by atoms with Crippen molar-refractivity contribution in [2.45, 2.75) is 6.04 Å². The number of methoxy groups -OCH3 is 1. The number of hydrogen-bond acceptors (Lipinski definition) is 3. The van der Waals surface area contributed by atoms with Gasteiger partial charge in [-0.05, 0) is 54.1 Å². The van der Waals surface area contributed by atoms with Crippen LogP contribution in [0.15, 0.2) is 78.9 Å². The average molecular weight is 416 g/mol. The van der Waals surface area contributed by atoms with Crippen molar-refractivity contribution >= 4 is 23.2 Å². The van der Waals surface area contributed by atoms with Crippen molar-refractivity contribution < 1.29 is 9.53 Å². The summed E-state index contributed by atoms with van der Waals surface area (Å²) < 4.78 is 5.27. The Bertz CT molecular complexity index is 1200. The molecule has 148 valence electrons. The van der Waals surface area contributed by atoms with Gasteiger partial charge in [-0.25, -0.2) is 0 Å². The number of nitrogens with zero attached hydrogens (tertiary/aromatic N) is 2. The molecular formula is C24H18ClN3O2. The summed E-state index contributed by atoms with van der Waals surface area (Å²) in [6.45, 7) is 0. The zero-order chi connectivity index (χ0) is 20.7. The summed E-state index contributed by atoms with van der Waals surface area (Å²) in [7, 11) is 1.63. The average Bonchev–Trinajstić information content (AvgIpc) is 3.34. The van der Waals surface area contributed by atoms with Crippen LogP contribution < -0.4 is 9.64 Å². The second-order valence-electron chi connectivity index (χ2n) is 7.05. The molecule has 2 heterocycles. The summed E-state index contributed by atoms with van der Waals surface area (Å²) in [6, 6.07) is 24.6. The van der Waals surface area contributed by atoms with Crippen LogP contribution in [0.5, 0.6) is 5.75 Å². The molecule has 1 aromatic heterocycles. The lowest BCUT2D eigenvalue weighted by Crippen LogP contribution is -2.29. The first-order chi connectivity index (χ1) is 14.7. The topological polar surface area (TPSA) is 58.2 Å². The zero-order valence-corrected chi connectivity index (χ0v) is 16.9. The molecule has 0 saturated carbocycles. The Morgan fingerprint density at radius 3 is 2.33 bits per heavy atom. The van der Waals surface area contributed by atoms with Crippen molar-refractivity contribution in [1.29, 1.82) is 0 Å². The minimum Gasteiger partial charge on any atom is -0.497 e. The molecule has 0 saturated heterocycles. The molecule has 30 heavy (non-hydrogen) atoms. The standard InChI is InChI=1S/C24H18ClN3O2/c1-30-19-13-9-15(10-14-19)21-20-22(27-26-21)24(29)28(18-5-3-2-4-6-18)23(20)16-7-11-17(25)12-8-16/h2-14,23H,1H3,(H,26,27)/t23-/m0/s1. The van der Waals surface area contributed by atoms with E-state index in [0.717, 1.165) is 33.8 Å². The number of aromatic amines is 1. The van der Waals surface area contributed by atoms with Gasteiger partial charge in [0.05, 0.1) is 18.8 Å². The van der Waals surface area contributed by atoms with Crippen LogP contribution in [0.25, 0.3) is 11.3 Å². The first-order valence-corrected chi connectivity index (χ1v) is 9.92. The van der Waals surface area contributed by atoms with E-state index in [1.165, 1.54) is 0 Å². The molecule has 3 aromatic carbocycles. The fourth-order valence-corrected chi connectivity index (χ4v) is 4.06. The van der Waals surface area contributed by atoms with E-state index in [1.807, 2.05) is 78.9 Å². The molecule has 0 spiro atoms. The highest BCUT2D eigenvalue weighted by molar-refractivity contribution is 6.30. The Morgan fingerprint density at radius 1 is 0.967 bits per heavy atom. The third kappa shape index (κ3) is 2.95. The van der Waals surface area contributed by atoms with Crippen LogP contribution in [0.1, 0.15) is 27.7 Å². The maximum Gasteiger partial charge on any atom is 0.277 e. The summed E-state index contributed by atoms with van der Waals surface area (Å²) in [5.41, 5.74) is 4.81. The van der Waals surface area contributed by atoms with Crippen LogP contribution in [0.4, 0.5) is 5.69 Å². The Hall–Kier alpha value is -3.57. The van der Waals surface area contributed by atoms with Gasteiger partial charge in [-0.2, -0.15) is 5.10 Å². The van der Waals surface area contributed by atoms with Crippen molar-refractivity contribution in [2.75, 3.05) is 12.0 Å². The van der Waals surface area contributed by atoms with E-state index in [-0.39, 0.29) is 11.9 Å². The first-order valence-electron chi connectivity index (χ1n) is 9.54. The van der Waals surface area contributed by atoms with E-state index < -0.39 is 0 Å². The molecule has 0 bridgehead atoms. The van der Waals surface area contributed by atoms with Gasteiger partial charge in [-0.1, -0.05) is 41.9 Å². The number of ether oxygens (including phenoxy) is 1. The number of para-hydroxylation sites is 1. The number of amides is 1. The molecule has 1 aliphatic heterocycles. The molecule has 0 radical (unpaired) electrons. The van der Waals surface area contributed by atoms with Gasteiger partial charge in [0.15, 0.2) is 0 Å². The van der Waals surface area contributed by atoms with Gasteiger partial charge in [-0.3, -0.25) is 14.8 Å². The highest BCUT2D eigenvalue weighted by Crippen LogP contribution is 2.45. The monoisotopic (exact) mass is 415 g/mol. The van der Waals surface area contributed by atoms with Gasteiger partial charge in [-0.15, -0.1) is 0 Å². The van der Waals surface area contributed by atoms with Crippen molar-refractivity contribution in [3.63, 3.8) is 0 Å². The molecule has 1 amide bonds. The number of fused-ring (bicyclic) bond motifs is 1. The van der Waals surface area contributed by atoms with Crippen molar-refractivity contribution in [1.82, 2.24) is 10.2 Å². The number of anilines is 1. The Balaban J connectivity index is 1.70. The number of H-pyrrole nitrogens is 1. The van der Waals surface area contributed by atoms with E-state index in [2.05, 4.69) is 10.2 Å². The quantitative estimate of drug-likeness (QED) is 0.479. The van der Waals surface area contributed by atoms with E-state index in [0.29, 0.717) is 10.7 Å². The summed E-state index contributed by atoms with van der Waals surface area (Å²) in [6.07, 6.45) is 0. The fraction of sp³-hybridized carbons (Fsp3) is 0.0833. The molecule has 0 unspecified atom stereocenters. The predicted octanol–water partition coefficient (Wildman–Crippen LogP) is 5.49. The summed E-state index contributed by atoms with van der Waals surface area (Å²) in [5.74, 6) is 0.658. The second kappa shape index (κ2) is 7.35. The van der Waals surface area contributed by atoms with Gasteiger partial charge in [0.2, 0.25) is 0 Å². The lowest BCUT2D eigenvalue weighted by Gasteiger charge is -2.26. The molecular weight excluding hydrogens is 398 g/mol. The number of hydrogen-bond donors (Lipinski definition) is 1. The highest BCUT2D eigenvalue weighted by Gasteiger charge is 2.43. The lowest BCUT2D eigenvalue weighted by atomic mass is 9.96. The Labute approximate surface area is 178 Å². The lowest BCUT2D eigenvalue weighted by molar-refractivity contribution is 0.0989. The third-order valence-electron chi connectivity index (χ3n) is 5.35. The molecule has 4 aromatic rings. The summed E-state index contributed by atoms with van der Waals surface area (Å²) in [4.78, 5) is 15.2. The molecule has 1 atom stereocenters. The molecule has 0 aliphatic carbocycles. The van der Waals surface area contributed by atoms with Crippen LogP contribution in [0, 0.1) is 0 Å². The van der Waals surface area contributed by atoms with E-state index in [4.69, 9.17) is 16.3 Å². The van der Waals surface area contributed by atoms with Gasteiger partial charge in [0.1, 0.15) is 11.4 Å². The predicted molar refractivity (Wildman–Crippen MR) is 117 cm³/mol. The van der Waals surface area contributed by atoms with Crippen molar-refractivity contribution in [2.24, 2.45) is 0 Å².